The van der Waals surface area contributed by atoms with Crippen LogP contribution in [0.1, 0.15) is 0 Å². The second-order valence-corrected chi connectivity index (χ2v) is 3.65. The third-order valence-corrected chi connectivity index (χ3v) is 2.52. The van der Waals surface area contributed by atoms with Gasteiger partial charge in [0, 0.05) is 26.4 Å². The maximum atomic E-state index is 12.7. The zero-order chi connectivity index (χ0) is 12.0. The van der Waals surface area contributed by atoms with Crippen molar-refractivity contribution in [3.8, 4) is 0 Å². The van der Waals surface area contributed by atoms with Crippen LogP contribution < -0.4 is 10.2 Å². The molecule has 88 valence electrons. The van der Waals surface area contributed by atoms with E-state index in [9.17, 15) is 4.39 Å². The van der Waals surface area contributed by atoms with Crippen LogP contribution in [0.25, 0.3) is 0 Å². The standard InChI is InChI=1S/C11H15FN2OS/c1-14(11(16)13-7-8-15-2)10-5-3-9(12)4-6-10/h3-6H,7-8H2,1-2H3,(H,13,16). The highest BCUT2D eigenvalue weighted by Gasteiger charge is 2.05. The summed E-state index contributed by atoms with van der Waals surface area (Å²) in [6, 6.07) is 6.17. The minimum absolute atomic E-state index is 0.254. The average Bonchev–Trinajstić information content (AvgIpc) is 2.29. The number of halogens is 1. The zero-order valence-corrected chi connectivity index (χ0v) is 10.2. The van der Waals surface area contributed by atoms with E-state index in [0.717, 1.165) is 5.69 Å². The van der Waals surface area contributed by atoms with E-state index < -0.39 is 0 Å². The monoisotopic (exact) mass is 242 g/mol. The summed E-state index contributed by atoms with van der Waals surface area (Å²) in [6.07, 6.45) is 0. The molecule has 1 rings (SSSR count). The van der Waals surface area contributed by atoms with E-state index in [1.54, 1.807) is 24.1 Å². The third kappa shape index (κ3) is 3.75. The molecule has 0 heterocycles. The van der Waals surface area contributed by atoms with Gasteiger partial charge < -0.3 is 15.0 Å². The molecule has 3 nitrogen and oxygen atoms in total. The molecule has 0 aliphatic carbocycles. The Morgan fingerprint density at radius 1 is 1.44 bits per heavy atom. The van der Waals surface area contributed by atoms with Gasteiger partial charge in [-0.1, -0.05) is 0 Å². The first-order valence-corrected chi connectivity index (χ1v) is 5.32. The smallest absolute Gasteiger partial charge is 0.173 e. The van der Waals surface area contributed by atoms with Crippen LogP contribution in [-0.4, -0.2) is 32.4 Å². The number of ether oxygens (including phenoxy) is 1. The Kier molecular flexibility index (Phi) is 5.14. The van der Waals surface area contributed by atoms with Crippen molar-refractivity contribution in [3.05, 3.63) is 30.1 Å². The van der Waals surface area contributed by atoms with Crippen molar-refractivity contribution >= 4 is 23.0 Å². The van der Waals surface area contributed by atoms with Crippen LogP contribution in [0.5, 0.6) is 0 Å². The summed E-state index contributed by atoms with van der Waals surface area (Å²) in [4.78, 5) is 1.78. The lowest BCUT2D eigenvalue weighted by atomic mass is 10.3. The number of nitrogens with one attached hydrogen (secondary N) is 1. The van der Waals surface area contributed by atoms with Gasteiger partial charge in [0.1, 0.15) is 5.82 Å². The highest BCUT2D eigenvalue weighted by atomic mass is 32.1. The van der Waals surface area contributed by atoms with E-state index in [2.05, 4.69) is 5.32 Å². The molecule has 0 amide bonds. The summed E-state index contributed by atoms with van der Waals surface area (Å²) in [5.74, 6) is -0.254. The van der Waals surface area contributed by atoms with Gasteiger partial charge in [-0.3, -0.25) is 0 Å². The van der Waals surface area contributed by atoms with Crippen LogP contribution in [0.3, 0.4) is 0 Å². The lowest BCUT2D eigenvalue weighted by molar-refractivity contribution is 0.204. The summed E-state index contributed by atoms with van der Waals surface area (Å²) in [6.45, 7) is 1.25. The zero-order valence-electron chi connectivity index (χ0n) is 9.37. The molecule has 0 fully saturated rings. The van der Waals surface area contributed by atoms with Crippen LogP contribution in [0, 0.1) is 5.82 Å². The summed E-state index contributed by atoms with van der Waals surface area (Å²) in [5, 5.41) is 3.62. The lowest BCUT2D eigenvalue weighted by Gasteiger charge is -2.20. The highest BCUT2D eigenvalue weighted by Crippen LogP contribution is 2.12. The maximum Gasteiger partial charge on any atom is 0.173 e. The van der Waals surface area contributed by atoms with Crippen LogP contribution in [-0.2, 0) is 4.74 Å². The molecule has 0 unspecified atom stereocenters. The molecular weight excluding hydrogens is 227 g/mol. The Labute approximate surface area is 100 Å². The van der Waals surface area contributed by atoms with Crippen LogP contribution in [0.15, 0.2) is 24.3 Å². The van der Waals surface area contributed by atoms with E-state index in [1.807, 2.05) is 7.05 Å². The minimum atomic E-state index is -0.254. The van der Waals surface area contributed by atoms with E-state index in [4.69, 9.17) is 17.0 Å². The number of hydrogen-bond donors (Lipinski definition) is 1. The number of benzene rings is 1. The number of rotatable bonds is 4. The number of anilines is 1. The number of thiocarbonyl (C=S) groups is 1. The molecule has 0 spiro atoms. The van der Waals surface area contributed by atoms with Crippen molar-refractivity contribution in [1.82, 2.24) is 5.32 Å². The Morgan fingerprint density at radius 2 is 2.06 bits per heavy atom. The predicted octanol–water partition coefficient (Wildman–Crippen LogP) is 1.78. The molecule has 1 N–H and O–H groups in total. The number of methoxy groups -OCH3 is 1. The van der Waals surface area contributed by atoms with Crippen molar-refractivity contribution in [1.29, 1.82) is 0 Å². The van der Waals surface area contributed by atoms with Gasteiger partial charge in [-0.2, -0.15) is 0 Å². The lowest BCUT2D eigenvalue weighted by Crippen LogP contribution is -2.38. The predicted molar refractivity (Wildman–Crippen MR) is 67.3 cm³/mol. The Hall–Kier alpha value is -1.20. The SMILES string of the molecule is COCCNC(=S)N(C)c1ccc(F)cc1. The largest absolute Gasteiger partial charge is 0.383 e. The minimum Gasteiger partial charge on any atom is -0.383 e. The van der Waals surface area contributed by atoms with Crippen molar-refractivity contribution in [2.45, 2.75) is 0 Å². The third-order valence-electron chi connectivity index (χ3n) is 2.10. The van der Waals surface area contributed by atoms with Gasteiger partial charge in [0.05, 0.1) is 6.61 Å². The first kappa shape index (κ1) is 12.9. The maximum absolute atomic E-state index is 12.7. The van der Waals surface area contributed by atoms with Gasteiger partial charge >= 0.3 is 0 Å². The average molecular weight is 242 g/mol. The molecule has 1 aromatic rings. The summed E-state index contributed by atoms with van der Waals surface area (Å²) in [7, 11) is 3.46. The number of nitrogens with zero attached hydrogens (tertiary/aromatic N) is 1. The Morgan fingerprint density at radius 3 is 2.62 bits per heavy atom. The van der Waals surface area contributed by atoms with Gasteiger partial charge in [0.15, 0.2) is 5.11 Å². The molecule has 5 heteroatoms. The summed E-state index contributed by atoms with van der Waals surface area (Å²) in [5.41, 5.74) is 0.844. The molecule has 1 aromatic carbocycles. The van der Waals surface area contributed by atoms with Gasteiger partial charge in [0.25, 0.3) is 0 Å². The molecule has 0 radical (unpaired) electrons. The van der Waals surface area contributed by atoms with Crippen LogP contribution >= 0.6 is 12.2 Å². The summed E-state index contributed by atoms with van der Waals surface area (Å²) >= 11 is 5.17. The van der Waals surface area contributed by atoms with Crippen molar-refractivity contribution in [2.24, 2.45) is 0 Å². The van der Waals surface area contributed by atoms with Crippen LogP contribution in [0.2, 0.25) is 0 Å². The van der Waals surface area contributed by atoms with E-state index >= 15 is 0 Å². The van der Waals surface area contributed by atoms with Crippen molar-refractivity contribution in [3.63, 3.8) is 0 Å². The second kappa shape index (κ2) is 6.40. The van der Waals surface area contributed by atoms with Gasteiger partial charge in [0.2, 0.25) is 0 Å². The normalized spacial score (nSPS) is 9.94. The fourth-order valence-corrected chi connectivity index (χ4v) is 1.37. The molecule has 0 aromatic heterocycles. The van der Waals surface area contributed by atoms with Gasteiger partial charge in [-0.15, -0.1) is 0 Å². The molecule has 0 aliphatic heterocycles. The molecular formula is C11H15FN2OS. The Balaban J connectivity index is 2.53. The van der Waals surface area contributed by atoms with E-state index in [0.29, 0.717) is 18.3 Å². The fourth-order valence-electron chi connectivity index (χ4n) is 1.16. The highest BCUT2D eigenvalue weighted by molar-refractivity contribution is 7.80. The van der Waals surface area contributed by atoms with Crippen LogP contribution in [0.4, 0.5) is 10.1 Å². The van der Waals surface area contributed by atoms with Gasteiger partial charge in [-0.05, 0) is 36.5 Å². The fraction of sp³-hybridized carbons (Fsp3) is 0.364. The first-order chi connectivity index (χ1) is 7.65. The van der Waals surface area contributed by atoms with Crippen molar-refractivity contribution < 1.29 is 9.13 Å². The molecule has 16 heavy (non-hydrogen) atoms. The first-order valence-electron chi connectivity index (χ1n) is 4.91. The van der Waals surface area contributed by atoms with E-state index in [1.165, 1.54) is 12.1 Å². The topological polar surface area (TPSA) is 24.5 Å². The van der Waals surface area contributed by atoms with E-state index in [-0.39, 0.29) is 5.82 Å². The van der Waals surface area contributed by atoms with Gasteiger partial charge in [-0.25, -0.2) is 4.39 Å². The number of hydrogen-bond acceptors (Lipinski definition) is 2. The summed E-state index contributed by atoms with van der Waals surface area (Å²) < 4.78 is 17.6. The molecule has 0 bridgehead atoms. The molecule has 0 saturated heterocycles. The molecule has 0 atom stereocenters. The quantitative estimate of drug-likeness (QED) is 0.642. The molecule has 0 saturated carbocycles. The van der Waals surface area contributed by atoms with Crippen molar-refractivity contribution in [2.75, 3.05) is 32.2 Å². The molecule has 0 aliphatic rings. The Bertz CT molecular complexity index is 342. The second-order valence-electron chi connectivity index (χ2n) is 3.26.